The summed E-state index contributed by atoms with van der Waals surface area (Å²) in [5, 5.41) is 6.59. The first kappa shape index (κ1) is 30.9. The van der Waals surface area contributed by atoms with Crippen molar-refractivity contribution in [1.82, 2.24) is 0 Å². The Hall–Kier alpha value is -1.15. The maximum atomic E-state index is 11.7. The van der Waals surface area contributed by atoms with Crippen molar-refractivity contribution < 1.29 is 32.4 Å². The van der Waals surface area contributed by atoms with Gasteiger partial charge in [0.05, 0.1) is 13.0 Å². The molecule has 0 heterocycles. The number of hydrogen-bond donors (Lipinski definition) is 2. The van der Waals surface area contributed by atoms with E-state index in [1.165, 1.54) is 89.9 Å². The fourth-order valence-corrected chi connectivity index (χ4v) is 4.40. The fourth-order valence-electron chi connectivity index (χ4n) is 3.74. The number of carboxylic acids is 1. The number of rotatable bonds is 23. The second kappa shape index (κ2) is 20.5. The zero-order valence-corrected chi connectivity index (χ0v) is 20.9. The van der Waals surface area contributed by atoms with E-state index in [1.807, 2.05) is 0 Å². The molecular weight excluding hydrogens is 432 g/mol. The van der Waals surface area contributed by atoms with E-state index in [9.17, 15) is 18.0 Å². The van der Waals surface area contributed by atoms with Gasteiger partial charge in [-0.25, -0.2) is 0 Å². The summed E-state index contributed by atoms with van der Waals surface area (Å²) in [5.74, 6) is -2.69. The number of carboxylic acid groups (broad SMARTS) is 1. The van der Waals surface area contributed by atoms with Gasteiger partial charge in [-0.1, -0.05) is 116 Å². The molecule has 0 bridgehead atoms. The maximum absolute atomic E-state index is 11.7. The molecule has 0 aromatic heterocycles. The predicted octanol–water partition coefficient (Wildman–Crippen LogP) is 6.30. The molecule has 0 aromatic carbocycles. The minimum Gasteiger partial charge on any atom is -0.481 e. The van der Waals surface area contributed by atoms with E-state index < -0.39 is 33.7 Å². The standard InChI is InChI=1S/C24H46O7S/c1-2-3-4-5-6-7-8-9-10-11-12-13-14-15-16-17-18-19-20-31-24(27)22(21-23(25)26)32(28,29)30/h22H,2-21H2,1H3,(H,25,26)(H,28,29,30). The number of ether oxygens (including phenoxy) is 1. The average Bonchev–Trinajstić information content (AvgIpc) is 2.72. The second-order valence-electron chi connectivity index (χ2n) is 8.78. The molecule has 1 unspecified atom stereocenters. The molecule has 8 heteroatoms. The summed E-state index contributed by atoms with van der Waals surface area (Å²) in [6.07, 6.45) is 21.4. The normalized spacial score (nSPS) is 12.6. The van der Waals surface area contributed by atoms with E-state index in [2.05, 4.69) is 6.92 Å². The SMILES string of the molecule is CCCCCCCCCCCCCCCCCCCCOC(=O)C(CC(=O)O)S(=O)(=O)O. The van der Waals surface area contributed by atoms with Crippen LogP contribution < -0.4 is 0 Å². The van der Waals surface area contributed by atoms with Gasteiger partial charge in [0.1, 0.15) is 0 Å². The molecule has 0 amide bonds. The zero-order chi connectivity index (χ0) is 24.1. The third kappa shape index (κ3) is 19.5. The number of unbranched alkanes of at least 4 members (excludes halogenated alkanes) is 17. The third-order valence-electron chi connectivity index (χ3n) is 5.72. The van der Waals surface area contributed by atoms with E-state index in [-0.39, 0.29) is 6.61 Å². The van der Waals surface area contributed by atoms with E-state index in [1.54, 1.807) is 0 Å². The van der Waals surface area contributed by atoms with Crippen molar-refractivity contribution in [2.24, 2.45) is 0 Å². The lowest BCUT2D eigenvalue weighted by atomic mass is 10.0. The summed E-state index contributed by atoms with van der Waals surface area (Å²) in [4.78, 5) is 22.3. The van der Waals surface area contributed by atoms with E-state index in [4.69, 9.17) is 14.4 Å². The Balaban J connectivity index is 3.44. The minimum atomic E-state index is -4.79. The van der Waals surface area contributed by atoms with Crippen LogP contribution in [0.15, 0.2) is 0 Å². The molecule has 0 spiro atoms. The Kier molecular flexibility index (Phi) is 19.7. The quantitative estimate of drug-likeness (QED) is 0.100. The summed E-state index contributed by atoms with van der Waals surface area (Å²) in [7, 11) is -4.79. The van der Waals surface area contributed by atoms with E-state index in [0.717, 1.165) is 19.3 Å². The van der Waals surface area contributed by atoms with Gasteiger partial charge in [0.15, 0.2) is 5.25 Å². The lowest BCUT2D eigenvalue weighted by Gasteiger charge is -2.11. The summed E-state index contributed by atoms with van der Waals surface area (Å²) >= 11 is 0. The average molecular weight is 479 g/mol. The first-order chi connectivity index (χ1) is 15.3. The van der Waals surface area contributed by atoms with Crippen LogP contribution in [0.1, 0.15) is 129 Å². The highest BCUT2D eigenvalue weighted by Gasteiger charge is 2.34. The Morgan fingerprint density at radius 1 is 0.688 bits per heavy atom. The van der Waals surface area contributed by atoms with Crippen molar-refractivity contribution in [1.29, 1.82) is 0 Å². The zero-order valence-electron chi connectivity index (χ0n) is 20.1. The van der Waals surface area contributed by atoms with Gasteiger partial charge >= 0.3 is 11.9 Å². The summed E-state index contributed by atoms with van der Waals surface area (Å²) in [5.41, 5.74) is 0. The van der Waals surface area contributed by atoms with Crippen molar-refractivity contribution in [3.63, 3.8) is 0 Å². The minimum absolute atomic E-state index is 0.0310. The molecule has 0 radical (unpaired) electrons. The molecule has 1 atom stereocenters. The van der Waals surface area contributed by atoms with Crippen molar-refractivity contribution in [2.75, 3.05) is 6.61 Å². The highest BCUT2D eigenvalue weighted by molar-refractivity contribution is 7.87. The molecule has 7 nitrogen and oxygen atoms in total. The Labute approximate surface area is 195 Å². The molecule has 0 aromatic rings. The van der Waals surface area contributed by atoms with Crippen LogP contribution in [0.25, 0.3) is 0 Å². The van der Waals surface area contributed by atoms with Gasteiger partial charge in [-0.2, -0.15) is 8.42 Å². The predicted molar refractivity (Wildman–Crippen MR) is 127 cm³/mol. The van der Waals surface area contributed by atoms with Crippen LogP contribution >= 0.6 is 0 Å². The van der Waals surface area contributed by atoms with Crippen molar-refractivity contribution in [3.05, 3.63) is 0 Å². The van der Waals surface area contributed by atoms with Crippen LogP contribution in [-0.2, 0) is 24.4 Å². The van der Waals surface area contributed by atoms with Gasteiger partial charge in [-0.05, 0) is 6.42 Å². The molecule has 0 aliphatic carbocycles. The summed E-state index contributed by atoms with van der Waals surface area (Å²) < 4.78 is 36.0. The van der Waals surface area contributed by atoms with Crippen LogP contribution in [0.3, 0.4) is 0 Å². The summed E-state index contributed by atoms with van der Waals surface area (Å²) in [6.45, 7) is 2.29. The number of aliphatic carboxylic acids is 1. The molecule has 0 aliphatic heterocycles. The molecule has 190 valence electrons. The molecule has 0 aliphatic rings. The Bertz CT molecular complexity index is 575. The van der Waals surface area contributed by atoms with E-state index >= 15 is 0 Å². The van der Waals surface area contributed by atoms with Crippen LogP contribution in [-0.4, -0.2) is 41.9 Å². The molecule has 2 N–H and O–H groups in total. The summed E-state index contributed by atoms with van der Waals surface area (Å²) in [6, 6.07) is 0. The van der Waals surface area contributed by atoms with Gasteiger partial charge in [-0.3, -0.25) is 14.1 Å². The van der Waals surface area contributed by atoms with Crippen molar-refractivity contribution >= 4 is 22.1 Å². The van der Waals surface area contributed by atoms with Gasteiger partial charge in [0.25, 0.3) is 10.1 Å². The highest BCUT2D eigenvalue weighted by Crippen LogP contribution is 2.14. The topological polar surface area (TPSA) is 118 Å². The van der Waals surface area contributed by atoms with Crippen LogP contribution in [0.5, 0.6) is 0 Å². The second-order valence-corrected chi connectivity index (χ2v) is 10.4. The lowest BCUT2D eigenvalue weighted by molar-refractivity contribution is -0.147. The number of esters is 1. The molecule has 0 rings (SSSR count). The fraction of sp³-hybridized carbons (Fsp3) is 0.917. The monoisotopic (exact) mass is 478 g/mol. The Morgan fingerprint density at radius 3 is 1.34 bits per heavy atom. The molecule has 0 saturated heterocycles. The smallest absolute Gasteiger partial charge is 0.327 e. The first-order valence-electron chi connectivity index (χ1n) is 12.6. The maximum Gasteiger partial charge on any atom is 0.327 e. The van der Waals surface area contributed by atoms with Crippen LogP contribution in [0.4, 0.5) is 0 Å². The largest absolute Gasteiger partial charge is 0.481 e. The van der Waals surface area contributed by atoms with Crippen molar-refractivity contribution in [2.45, 2.75) is 134 Å². The van der Waals surface area contributed by atoms with Gasteiger partial charge in [0, 0.05) is 0 Å². The molecule has 0 fully saturated rings. The molecule has 32 heavy (non-hydrogen) atoms. The lowest BCUT2D eigenvalue weighted by Crippen LogP contribution is -2.34. The molecule has 0 saturated carbocycles. The third-order valence-corrected chi connectivity index (χ3v) is 6.80. The van der Waals surface area contributed by atoms with Gasteiger partial charge in [-0.15, -0.1) is 0 Å². The van der Waals surface area contributed by atoms with Gasteiger partial charge < -0.3 is 9.84 Å². The highest BCUT2D eigenvalue weighted by atomic mass is 32.2. The first-order valence-corrected chi connectivity index (χ1v) is 14.1. The van der Waals surface area contributed by atoms with Gasteiger partial charge in [0.2, 0.25) is 0 Å². The number of hydrogen-bond acceptors (Lipinski definition) is 5. The van der Waals surface area contributed by atoms with Crippen LogP contribution in [0, 0.1) is 0 Å². The number of carbonyl (C=O) groups is 2. The molecular formula is C24H46O7S. The number of carbonyl (C=O) groups excluding carboxylic acids is 1. The van der Waals surface area contributed by atoms with E-state index in [0.29, 0.717) is 6.42 Å². The van der Waals surface area contributed by atoms with Crippen LogP contribution in [0.2, 0.25) is 0 Å². The van der Waals surface area contributed by atoms with Crippen molar-refractivity contribution in [3.8, 4) is 0 Å². The Morgan fingerprint density at radius 2 is 1.03 bits per heavy atom.